The van der Waals surface area contributed by atoms with Crippen LogP contribution in [0.5, 0.6) is 0 Å². The first kappa shape index (κ1) is 21.9. The second-order valence-corrected chi connectivity index (χ2v) is 10.0. The zero-order valence-electron chi connectivity index (χ0n) is 14.5. The first-order chi connectivity index (χ1) is 11.6. The third kappa shape index (κ3) is 5.67. The van der Waals surface area contributed by atoms with E-state index < -0.39 is 25.8 Å². The van der Waals surface area contributed by atoms with E-state index in [1.54, 1.807) is 13.8 Å². The number of hydrogen-bond acceptors (Lipinski definition) is 5. The molecule has 1 amide bonds. The molecule has 1 N–H and O–H groups in total. The van der Waals surface area contributed by atoms with E-state index in [-0.39, 0.29) is 46.6 Å². The molecule has 0 aliphatic heterocycles. The smallest absolute Gasteiger partial charge is 0.251 e. The van der Waals surface area contributed by atoms with Gasteiger partial charge in [-0.25, -0.2) is 16.8 Å². The highest BCUT2D eigenvalue weighted by Gasteiger charge is 2.25. The zero-order valence-corrected chi connectivity index (χ0v) is 16.8. The minimum Gasteiger partial charge on any atom is -0.351 e. The number of benzene rings is 1. The number of nitrogens with one attached hydrogen (secondary N) is 1. The molecular formula is C15H23ClN2O5S2. The summed E-state index contributed by atoms with van der Waals surface area (Å²) in [6.07, 6.45) is 0. The Morgan fingerprint density at radius 3 is 2.24 bits per heavy atom. The first-order valence-electron chi connectivity index (χ1n) is 7.87. The number of nitrogens with zero attached hydrogens (tertiary/aromatic N) is 1. The minimum atomic E-state index is -3.81. The molecule has 7 nitrogen and oxygen atoms in total. The van der Waals surface area contributed by atoms with E-state index in [4.69, 9.17) is 11.6 Å². The highest BCUT2D eigenvalue weighted by atomic mass is 35.5. The molecule has 0 heterocycles. The van der Waals surface area contributed by atoms with E-state index in [1.807, 2.05) is 0 Å². The van der Waals surface area contributed by atoms with Crippen LogP contribution in [0.25, 0.3) is 0 Å². The topological polar surface area (TPSA) is 101 Å². The third-order valence-corrected chi connectivity index (χ3v) is 7.89. The summed E-state index contributed by atoms with van der Waals surface area (Å²) in [7, 11) is -7.00. The van der Waals surface area contributed by atoms with Crippen LogP contribution >= 0.6 is 11.6 Å². The number of sulfonamides is 1. The summed E-state index contributed by atoms with van der Waals surface area (Å²) in [5.74, 6) is -0.734. The molecule has 0 aliphatic rings. The molecule has 0 aromatic heterocycles. The van der Waals surface area contributed by atoms with Crippen molar-refractivity contribution in [3.8, 4) is 0 Å². The Balaban J connectivity index is 3.03. The van der Waals surface area contributed by atoms with Gasteiger partial charge in [-0.05, 0) is 18.2 Å². The summed E-state index contributed by atoms with van der Waals surface area (Å²) in [5.41, 5.74) is 0.101. The predicted octanol–water partition coefficient (Wildman–Crippen LogP) is 1.54. The van der Waals surface area contributed by atoms with Crippen LogP contribution in [0.2, 0.25) is 5.02 Å². The van der Waals surface area contributed by atoms with Crippen LogP contribution in [0.1, 0.15) is 31.1 Å². The van der Waals surface area contributed by atoms with Crippen LogP contribution in [-0.4, -0.2) is 58.2 Å². The highest BCUT2D eigenvalue weighted by Crippen LogP contribution is 2.25. The highest BCUT2D eigenvalue weighted by molar-refractivity contribution is 7.91. The molecule has 0 saturated carbocycles. The Labute approximate surface area is 154 Å². The SMILES string of the molecule is CCN(CC)S(=O)(=O)c1cc(C(=O)NCCS(=O)(=O)CC)ccc1Cl. The van der Waals surface area contributed by atoms with Crippen molar-refractivity contribution in [3.05, 3.63) is 28.8 Å². The van der Waals surface area contributed by atoms with Crippen LogP contribution in [0.4, 0.5) is 0 Å². The van der Waals surface area contributed by atoms with Crippen molar-refractivity contribution < 1.29 is 21.6 Å². The van der Waals surface area contributed by atoms with Gasteiger partial charge in [-0.1, -0.05) is 32.4 Å². The first-order valence-corrected chi connectivity index (χ1v) is 11.5. The van der Waals surface area contributed by atoms with E-state index in [0.29, 0.717) is 0 Å². The number of carbonyl (C=O) groups excluding carboxylic acids is 1. The van der Waals surface area contributed by atoms with Crippen molar-refractivity contribution in [2.24, 2.45) is 0 Å². The lowest BCUT2D eigenvalue weighted by molar-refractivity contribution is 0.0956. The molecule has 0 unspecified atom stereocenters. The molecule has 142 valence electrons. The summed E-state index contributed by atoms with van der Waals surface area (Å²) < 4.78 is 49.3. The molecule has 1 aromatic rings. The normalized spacial score (nSPS) is 12.4. The van der Waals surface area contributed by atoms with Gasteiger partial charge in [0.2, 0.25) is 10.0 Å². The van der Waals surface area contributed by atoms with Crippen molar-refractivity contribution in [2.45, 2.75) is 25.7 Å². The molecular weight excluding hydrogens is 388 g/mol. The monoisotopic (exact) mass is 410 g/mol. The van der Waals surface area contributed by atoms with Crippen molar-refractivity contribution in [1.82, 2.24) is 9.62 Å². The van der Waals surface area contributed by atoms with E-state index >= 15 is 0 Å². The minimum absolute atomic E-state index is 0.00389. The molecule has 1 aromatic carbocycles. The quantitative estimate of drug-likeness (QED) is 0.665. The van der Waals surface area contributed by atoms with Crippen LogP contribution in [0.15, 0.2) is 23.1 Å². The molecule has 0 atom stereocenters. The summed E-state index contributed by atoms with van der Waals surface area (Å²) in [4.78, 5) is 12.0. The Bertz CT molecular complexity index is 818. The fourth-order valence-electron chi connectivity index (χ4n) is 2.11. The van der Waals surface area contributed by atoms with Crippen molar-refractivity contribution in [2.75, 3.05) is 31.1 Å². The van der Waals surface area contributed by atoms with Gasteiger partial charge >= 0.3 is 0 Å². The maximum Gasteiger partial charge on any atom is 0.251 e. The van der Waals surface area contributed by atoms with Crippen LogP contribution in [0.3, 0.4) is 0 Å². The Morgan fingerprint density at radius 1 is 1.12 bits per heavy atom. The fourth-order valence-corrected chi connectivity index (χ4v) is 4.77. The molecule has 1 rings (SSSR count). The number of halogens is 1. The Hall–Kier alpha value is -1.16. The maximum absolute atomic E-state index is 12.6. The molecule has 10 heteroatoms. The summed E-state index contributed by atoms with van der Waals surface area (Å²) in [6, 6.07) is 3.95. The second-order valence-electron chi connectivity index (χ2n) is 5.23. The number of amides is 1. The van der Waals surface area contributed by atoms with Gasteiger partial charge in [0.25, 0.3) is 5.91 Å². The van der Waals surface area contributed by atoms with E-state index in [2.05, 4.69) is 5.32 Å². The molecule has 0 fully saturated rings. The van der Waals surface area contributed by atoms with E-state index in [1.165, 1.54) is 29.4 Å². The summed E-state index contributed by atoms with van der Waals surface area (Å²) in [6.45, 7) is 5.46. The number of sulfone groups is 1. The van der Waals surface area contributed by atoms with Crippen molar-refractivity contribution in [1.29, 1.82) is 0 Å². The van der Waals surface area contributed by atoms with Crippen molar-refractivity contribution in [3.63, 3.8) is 0 Å². The number of carbonyl (C=O) groups is 1. The van der Waals surface area contributed by atoms with Crippen LogP contribution < -0.4 is 5.32 Å². The standard InChI is InChI=1S/C15H23ClN2O5S2/c1-4-18(5-2)25(22,23)14-11-12(7-8-13(14)16)15(19)17-9-10-24(20,21)6-3/h7-8,11H,4-6,9-10H2,1-3H3,(H,17,19). The van der Waals surface area contributed by atoms with Gasteiger partial charge in [0.05, 0.1) is 10.8 Å². The Morgan fingerprint density at radius 2 is 1.72 bits per heavy atom. The van der Waals surface area contributed by atoms with Gasteiger partial charge in [0.15, 0.2) is 9.84 Å². The van der Waals surface area contributed by atoms with Gasteiger partial charge in [-0.2, -0.15) is 4.31 Å². The Kier molecular flexibility index (Phi) is 7.86. The lowest BCUT2D eigenvalue weighted by atomic mass is 10.2. The molecule has 0 saturated heterocycles. The van der Waals surface area contributed by atoms with Crippen LogP contribution in [-0.2, 0) is 19.9 Å². The molecule has 0 aliphatic carbocycles. The van der Waals surface area contributed by atoms with Gasteiger partial charge in [0, 0.05) is 31.0 Å². The molecule has 0 spiro atoms. The largest absolute Gasteiger partial charge is 0.351 e. The van der Waals surface area contributed by atoms with E-state index in [0.717, 1.165) is 0 Å². The molecule has 0 bridgehead atoms. The van der Waals surface area contributed by atoms with Gasteiger partial charge in [0.1, 0.15) is 4.90 Å². The lowest BCUT2D eigenvalue weighted by Crippen LogP contribution is -2.32. The number of rotatable bonds is 9. The van der Waals surface area contributed by atoms with Gasteiger partial charge in [-0.15, -0.1) is 0 Å². The maximum atomic E-state index is 12.6. The van der Waals surface area contributed by atoms with Gasteiger partial charge < -0.3 is 5.32 Å². The number of hydrogen-bond donors (Lipinski definition) is 1. The van der Waals surface area contributed by atoms with Crippen molar-refractivity contribution >= 4 is 37.4 Å². The lowest BCUT2D eigenvalue weighted by Gasteiger charge is -2.19. The summed E-state index contributed by atoms with van der Waals surface area (Å²) in [5, 5.41) is 2.50. The zero-order chi connectivity index (χ0) is 19.3. The van der Waals surface area contributed by atoms with Crippen LogP contribution in [0, 0.1) is 0 Å². The van der Waals surface area contributed by atoms with Gasteiger partial charge in [-0.3, -0.25) is 4.79 Å². The molecule has 0 radical (unpaired) electrons. The predicted molar refractivity (Wildman–Crippen MR) is 98.2 cm³/mol. The fraction of sp³-hybridized carbons (Fsp3) is 0.533. The average molecular weight is 411 g/mol. The van der Waals surface area contributed by atoms with E-state index in [9.17, 15) is 21.6 Å². The second kappa shape index (κ2) is 8.98. The summed E-state index contributed by atoms with van der Waals surface area (Å²) >= 11 is 6.01. The average Bonchev–Trinajstić information content (AvgIpc) is 2.55. The third-order valence-electron chi connectivity index (χ3n) is 3.66. The molecule has 25 heavy (non-hydrogen) atoms.